The van der Waals surface area contributed by atoms with Gasteiger partial charge in [-0.05, 0) is 85.7 Å². The van der Waals surface area contributed by atoms with Gasteiger partial charge in [0.2, 0.25) is 5.91 Å². The van der Waals surface area contributed by atoms with Crippen LogP contribution < -0.4 is 20.5 Å². The van der Waals surface area contributed by atoms with Gasteiger partial charge >= 0.3 is 18.0 Å². The van der Waals surface area contributed by atoms with Crippen LogP contribution in [0.5, 0.6) is 23.5 Å². The van der Waals surface area contributed by atoms with E-state index in [9.17, 15) is 18.4 Å². The number of aromatic nitrogens is 4. The molecule has 0 aliphatic rings. The third-order valence-electron chi connectivity index (χ3n) is 7.23. The van der Waals surface area contributed by atoms with E-state index in [1.54, 1.807) is 73.3 Å². The maximum atomic E-state index is 13.6. The summed E-state index contributed by atoms with van der Waals surface area (Å²) < 4.78 is 37.5. The summed E-state index contributed by atoms with van der Waals surface area (Å²) >= 11 is 0. The smallest absolute Gasteiger partial charge is 0.328 e. The van der Waals surface area contributed by atoms with Crippen LogP contribution in [0, 0.1) is 11.6 Å². The lowest BCUT2D eigenvalue weighted by Gasteiger charge is -2.14. The number of ether oxygens (including phenoxy) is 2. The molecule has 4 N–H and O–H groups in total. The average molecular weight is 745 g/mol. The van der Waals surface area contributed by atoms with Crippen LogP contribution in [0.1, 0.15) is 48.2 Å². The number of nitrogens with one attached hydrogen (secondary N) is 1. The Morgan fingerprint density at radius 3 is 1.58 bits per heavy atom. The number of carboxylic acid groups (broad SMARTS) is 1. The van der Waals surface area contributed by atoms with Crippen molar-refractivity contribution in [3.63, 3.8) is 0 Å². The van der Waals surface area contributed by atoms with Crippen molar-refractivity contribution in [3.8, 4) is 23.5 Å². The standard InChI is InChI=1S/C21H18FN3O2.C12H13N3O.C9H7FO2/c1-15(25-20(26)11-10-16-6-2-3-9-19(16)22)17-7-4-8-18(14-17)27-21-23-12-5-13-24-21;1-9(13)10-4-2-5-11(8-10)16-12-14-6-3-7-15-12;10-8-4-2-1-3-7(8)5-6-9(11)12/h2-15H,1H3,(H,25,26);2-9H,13H2,1H3;1-6H,(H,11,12)/b11-10+;;6-5+/t15-;9-;/m00./s1. The first-order valence-electron chi connectivity index (χ1n) is 16.8. The minimum absolute atomic E-state index is 0.0137. The minimum Gasteiger partial charge on any atom is -0.478 e. The van der Waals surface area contributed by atoms with Gasteiger partial charge in [0.1, 0.15) is 23.1 Å². The van der Waals surface area contributed by atoms with Gasteiger partial charge in [-0.25, -0.2) is 33.5 Å². The third kappa shape index (κ3) is 14.4. The highest BCUT2D eigenvalue weighted by molar-refractivity contribution is 5.92. The molecule has 0 saturated carbocycles. The van der Waals surface area contributed by atoms with Crippen LogP contribution in [-0.2, 0) is 9.59 Å². The molecule has 0 unspecified atom stereocenters. The van der Waals surface area contributed by atoms with Crippen LogP contribution in [0.15, 0.2) is 146 Å². The van der Waals surface area contributed by atoms with E-state index in [4.69, 9.17) is 20.3 Å². The zero-order chi connectivity index (χ0) is 39.4. The predicted octanol–water partition coefficient (Wildman–Crippen LogP) is 8.51. The topological polar surface area (TPSA) is 162 Å². The van der Waals surface area contributed by atoms with Crippen molar-refractivity contribution in [2.75, 3.05) is 0 Å². The second-order valence-corrected chi connectivity index (χ2v) is 11.5. The molecule has 0 saturated heterocycles. The van der Waals surface area contributed by atoms with Crippen molar-refractivity contribution in [2.24, 2.45) is 5.73 Å². The normalized spacial score (nSPS) is 11.7. The summed E-state index contributed by atoms with van der Waals surface area (Å²) in [4.78, 5) is 38.2. The number of hydrogen-bond donors (Lipinski definition) is 3. The zero-order valence-corrected chi connectivity index (χ0v) is 29.9. The maximum absolute atomic E-state index is 13.6. The van der Waals surface area contributed by atoms with Crippen molar-refractivity contribution in [3.05, 3.63) is 180 Å². The van der Waals surface area contributed by atoms with Crippen molar-refractivity contribution >= 4 is 24.0 Å². The molecule has 11 nitrogen and oxygen atoms in total. The van der Waals surface area contributed by atoms with Gasteiger partial charge in [-0.15, -0.1) is 0 Å². The highest BCUT2D eigenvalue weighted by Crippen LogP contribution is 2.23. The number of hydrogen-bond acceptors (Lipinski definition) is 9. The van der Waals surface area contributed by atoms with Gasteiger partial charge in [-0.2, -0.15) is 0 Å². The quantitative estimate of drug-likeness (QED) is 0.110. The van der Waals surface area contributed by atoms with E-state index in [0.717, 1.165) is 17.2 Å². The highest BCUT2D eigenvalue weighted by atomic mass is 19.1. The van der Waals surface area contributed by atoms with Crippen LogP contribution >= 0.6 is 0 Å². The Balaban J connectivity index is 0.000000203. The van der Waals surface area contributed by atoms with Crippen LogP contribution in [0.3, 0.4) is 0 Å². The van der Waals surface area contributed by atoms with Gasteiger partial charge in [0.05, 0.1) is 6.04 Å². The number of halogens is 2. The maximum Gasteiger partial charge on any atom is 0.328 e. The fraction of sp³-hybridized carbons (Fsp3) is 0.0952. The molecule has 6 aromatic rings. The number of benzene rings is 4. The van der Waals surface area contributed by atoms with Gasteiger partial charge in [0.15, 0.2) is 0 Å². The summed E-state index contributed by atoms with van der Waals surface area (Å²) in [5.74, 6) is -0.929. The highest BCUT2D eigenvalue weighted by Gasteiger charge is 2.10. The minimum atomic E-state index is -1.08. The molecule has 0 bridgehead atoms. The molecule has 2 aromatic heterocycles. The number of nitrogens with two attached hydrogens (primary N) is 1. The first-order chi connectivity index (χ1) is 26.6. The van der Waals surface area contributed by atoms with E-state index in [2.05, 4.69) is 25.3 Å². The fourth-order valence-electron chi connectivity index (χ4n) is 4.49. The van der Waals surface area contributed by atoms with Crippen molar-refractivity contribution in [2.45, 2.75) is 25.9 Å². The van der Waals surface area contributed by atoms with E-state index >= 15 is 0 Å². The monoisotopic (exact) mass is 744 g/mol. The number of rotatable bonds is 11. The molecule has 0 aliphatic carbocycles. The second kappa shape index (κ2) is 21.4. The van der Waals surface area contributed by atoms with E-state index in [1.165, 1.54) is 36.4 Å². The number of aliphatic carboxylic acids is 1. The zero-order valence-electron chi connectivity index (χ0n) is 29.9. The van der Waals surface area contributed by atoms with Crippen molar-refractivity contribution in [1.29, 1.82) is 0 Å². The Bertz CT molecular complexity index is 2190. The lowest BCUT2D eigenvalue weighted by molar-refractivity contribution is -0.131. The Morgan fingerprint density at radius 2 is 1.11 bits per heavy atom. The van der Waals surface area contributed by atoms with Gasteiger partial charge < -0.3 is 25.6 Å². The largest absolute Gasteiger partial charge is 0.478 e. The Morgan fingerprint density at radius 1 is 0.655 bits per heavy atom. The van der Waals surface area contributed by atoms with Crippen LogP contribution in [0.2, 0.25) is 0 Å². The molecule has 0 radical (unpaired) electrons. The molecular formula is C42H38F2N6O5. The lowest BCUT2D eigenvalue weighted by Crippen LogP contribution is -2.24. The first-order valence-corrected chi connectivity index (χ1v) is 16.8. The molecule has 55 heavy (non-hydrogen) atoms. The Labute approximate surface area is 316 Å². The molecule has 0 fully saturated rings. The van der Waals surface area contributed by atoms with Gasteiger partial charge in [0.25, 0.3) is 0 Å². The van der Waals surface area contributed by atoms with Gasteiger partial charge in [-0.3, -0.25) is 4.79 Å². The number of nitrogens with zero attached hydrogens (tertiary/aromatic N) is 4. The fourth-order valence-corrected chi connectivity index (χ4v) is 4.49. The number of carbonyl (C=O) groups excluding carboxylic acids is 1. The molecule has 13 heteroatoms. The summed E-state index contributed by atoms with van der Waals surface area (Å²) in [5, 5.41) is 11.1. The van der Waals surface area contributed by atoms with Gasteiger partial charge in [0, 0.05) is 54.1 Å². The van der Waals surface area contributed by atoms with Gasteiger partial charge in [-0.1, -0.05) is 60.7 Å². The Kier molecular flexibility index (Phi) is 15.8. The van der Waals surface area contributed by atoms with E-state index < -0.39 is 11.8 Å². The van der Waals surface area contributed by atoms with Crippen LogP contribution in [0.25, 0.3) is 12.2 Å². The molecule has 280 valence electrons. The average Bonchev–Trinajstić information content (AvgIpc) is 3.19. The van der Waals surface area contributed by atoms with E-state index in [-0.39, 0.29) is 35.4 Å². The van der Waals surface area contributed by atoms with Crippen molar-refractivity contribution < 1.29 is 33.0 Å². The SMILES string of the molecule is C[C@H](N)c1cccc(Oc2ncccn2)c1.C[C@H](NC(=O)/C=C/c1ccccc1F)c1cccc(Oc2ncccn2)c1.O=C(O)/C=C/c1ccccc1F. The molecule has 4 aromatic carbocycles. The van der Waals surface area contributed by atoms with E-state index in [1.807, 2.05) is 56.3 Å². The second-order valence-electron chi connectivity index (χ2n) is 11.5. The summed E-state index contributed by atoms with van der Waals surface area (Å²) in [6.07, 6.45) is 11.3. The summed E-state index contributed by atoms with van der Waals surface area (Å²) in [5.41, 5.74) is 8.31. The van der Waals surface area contributed by atoms with Crippen LogP contribution in [0.4, 0.5) is 8.78 Å². The number of amides is 1. The predicted molar refractivity (Wildman–Crippen MR) is 205 cm³/mol. The number of carbonyl (C=O) groups is 2. The van der Waals surface area contributed by atoms with E-state index in [0.29, 0.717) is 23.1 Å². The molecule has 1 amide bonds. The lowest BCUT2D eigenvalue weighted by atomic mass is 10.1. The molecule has 2 atom stereocenters. The number of carboxylic acids is 1. The molecular weight excluding hydrogens is 706 g/mol. The van der Waals surface area contributed by atoms with Crippen LogP contribution in [-0.4, -0.2) is 36.9 Å². The molecule has 6 rings (SSSR count). The summed E-state index contributed by atoms with van der Waals surface area (Å²) in [7, 11) is 0. The summed E-state index contributed by atoms with van der Waals surface area (Å²) in [6.45, 7) is 3.78. The molecule has 0 spiro atoms. The molecule has 0 aliphatic heterocycles. The Hall–Kier alpha value is -7.12. The first kappa shape index (κ1) is 40.6. The molecule has 2 heterocycles. The third-order valence-corrected chi connectivity index (χ3v) is 7.23. The van der Waals surface area contributed by atoms with Crippen molar-refractivity contribution in [1.82, 2.24) is 25.3 Å². The summed E-state index contributed by atoms with van der Waals surface area (Å²) in [6, 6.07) is 30.9.